The average Bonchev–Trinajstić information content (AvgIpc) is 2.37. The van der Waals surface area contributed by atoms with Gasteiger partial charge in [0.05, 0.1) is 0 Å². The lowest BCUT2D eigenvalue weighted by molar-refractivity contribution is -0.120. The van der Waals surface area contributed by atoms with Crippen LogP contribution in [0.5, 0.6) is 0 Å². The number of nitrogens with one attached hydrogen (secondary N) is 2. The Labute approximate surface area is 105 Å². The summed E-state index contributed by atoms with van der Waals surface area (Å²) < 4.78 is 0. The van der Waals surface area contributed by atoms with Gasteiger partial charge in [0.2, 0.25) is 5.91 Å². The van der Waals surface area contributed by atoms with E-state index in [0.717, 1.165) is 32.6 Å². The van der Waals surface area contributed by atoms with E-state index in [4.69, 9.17) is 0 Å². The van der Waals surface area contributed by atoms with Gasteiger partial charge in [-0.2, -0.15) is 0 Å². The van der Waals surface area contributed by atoms with Crippen LogP contribution in [0, 0.1) is 0 Å². The fourth-order valence-corrected chi connectivity index (χ4v) is 2.39. The molecule has 1 unspecified atom stereocenters. The van der Waals surface area contributed by atoms with Crippen LogP contribution in [0.25, 0.3) is 0 Å². The highest BCUT2D eigenvalue weighted by Crippen LogP contribution is 2.09. The molecule has 4 nitrogen and oxygen atoms in total. The van der Waals surface area contributed by atoms with E-state index in [1.165, 1.54) is 19.3 Å². The molecule has 0 radical (unpaired) electrons. The minimum atomic E-state index is 0.141. The van der Waals surface area contributed by atoms with Crippen LogP contribution in [-0.4, -0.2) is 50.1 Å². The summed E-state index contributed by atoms with van der Waals surface area (Å²) in [6.45, 7) is 6.41. The van der Waals surface area contributed by atoms with Gasteiger partial charge in [0.25, 0.3) is 0 Å². The van der Waals surface area contributed by atoms with Crippen molar-refractivity contribution in [3.63, 3.8) is 0 Å². The van der Waals surface area contributed by atoms with E-state index in [2.05, 4.69) is 22.5 Å². The van der Waals surface area contributed by atoms with Gasteiger partial charge in [-0.3, -0.25) is 4.79 Å². The zero-order valence-corrected chi connectivity index (χ0v) is 11.3. The number of carbonyl (C=O) groups is 1. The molecule has 0 spiro atoms. The largest absolute Gasteiger partial charge is 0.359 e. The van der Waals surface area contributed by atoms with Crippen LogP contribution >= 0.6 is 0 Å². The van der Waals surface area contributed by atoms with Crippen molar-refractivity contribution in [3.8, 4) is 0 Å². The first-order valence-corrected chi connectivity index (χ1v) is 6.92. The van der Waals surface area contributed by atoms with E-state index in [1.54, 1.807) is 7.05 Å². The Bertz CT molecular complexity index is 215. The molecule has 100 valence electrons. The maximum absolute atomic E-state index is 11.3. The Morgan fingerprint density at radius 1 is 1.41 bits per heavy atom. The van der Waals surface area contributed by atoms with E-state index in [-0.39, 0.29) is 5.91 Å². The second-order valence-electron chi connectivity index (χ2n) is 4.87. The summed E-state index contributed by atoms with van der Waals surface area (Å²) in [7, 11) is 1.70. The summed E-state index contributed by atoms with van der Waals surface area (Å²) >= 11 is 0. The van der Waals surface area contributed by atoms with Crippen LogP contribution in [0.15, 0.2) is 0 Å². The highest BCUT2D eigenvalue weighted by Gasteiger charge is 2.16. The third kappa shape index (κ3) is 6.03. The van der Waals surface area contributed by atoms with E-state index in [9.17, 15) is 4.79 Å². The standard InChI is InChI=1S/C13H27N3O/c1-3-9-16(10-7-13(17)14-2)11-12-6-4-5-8-15-12/h12,15H,3-11H2,1-2H3,(H,14,17). The Morgan fingerprint density at radius 3 is 2.82 bits per heavy atom. The highest BCUT2D eigenvalue weighted by atomic mass is 16.1. The van der Waals surface area contributed by atoms with Crippen molar-refractivity contribution in [1.82, 2.24) is 15.5 Å². The number of amides is 1. The van der Waals surface area contributed by atoms with Gasteiger partial charge >= 0.3 is 0 Å². The third-order valence-electron chi connectivity index (χ3n) is 3.36. The zero-order chi connectivity index (χ0) is 12.5. The van der Waals surface area contributed by atoms with Crippen molar-refractivity contribution >= 4 is 5.91 Å². The lowest BCUT2D eigenvalue weighted by atomic mass is 10.0. The molecule has 1 aliphatic heterocycles. The first-order chi connectivity index (χ1) is 8.26. The topological polar surface area (TPSA) is 44.4 Å². The molecule has 4 heteroatoms. The zero-order valence-electron chi connectivity index (χ0n) is 11.3. The number of hydrogen-bond donors (Lipinski definition) is 2. The normalized spacial score (nSPS) is 20.5. The summed E-state index contributed by atoms with van der Waals surface area (Å²) in [5.74, 6) is 0.141. The molecule has 1 rings (SSSR count). The van der Waals surface area contributed by atoms with Crippen molar-refractivity contribution in [1.29, 1.82) is 0 Å². The number of carbonyl (C=O) groups excluding carboxylic acids is 1. The molecule has 0 aromatic rings. The van der Waals surface area contributed by atoms with Crippen molar-refractivity contribution in [2.75, 3.05) is 33.2 Å². The van der Waals surface area contributed by atoms with Crippen LogP contribution in [0.2, 0.25) is 0 Å². The Hall–Kier alpha value is -0.610. The van der Waals surface area contributed by atoms with Gasteiger partial charge in [-0.15, -0.1) is 0 Å². The molecule has 0 bridgehead atoms. The molecule has 1 atom stereocenters. The SMILES string of the molecule is CCCN(CCC(=O)NC)CC1CCCCN1. The van der Waals surface area contributed by atoms with Crippen LogP contribution in [0.1, 0.15) is 39.0 Å². The van der Waals surface area contributed by atoms with Crippen molar-refractivity contribution in [2.24, 2.45) is 0 Å². The molecule has 1 aliphatic rings. The first kappa shape index (κ1) is 14.5. The van der Waals surface area contributed by atoms with Crippen molar-refractivity contribution in [3.05, 3.63) is 0 Å². The monoisotopic (exact) mass is 241 g/mol. The number of piperidine rings is 1. The van der Waals surface area contributed by atoms with Crippen LogP contribution < -0.4 is 10.6 Å². The van der Waals surface area contributed by atoms with E-state index in [0.29, 0.717) is 12.5 Å². The third-order valence-corrected chi connectivity index (χ3v) is 3.36. The molecule has 0 aliphatic carbocycles. The van der Waals surface area contributed by atoms with Gasteiger partial charge in [0.15, 0.2) is 0 Å². The Morgan fingerprint density at radius 2 is 2.24 bits per heavy atom. The van der Waals surface area contributed by atoms with Crippen LogP contribution in [0.3, 0.4) is 0 Å². The number of hydrogen-bond acceptors (Lipinski definition) is 3. The molecule has 1 amide bonds. The van der Waals surface area contributed by atoms with Gasteiger partial charge in [-0.25, -0.2) is 0 Å². The maximum Gasteiger partial charge on any atom is 0.221 e. The second-order valence-corrected chi connectivity index (χ2v) is 4.87. The summed E-state index contributed by atoms with van der Waals surface area (Å²) in [4.78, 5) is 13.7. The quantitative estimate of drug-likeness (QED) is 0.698. The van der Waals surface area contributed by atoms with Crippen molar-refractivity contribution in [2.45, 2.75) is 45.1 Å². The highest BCUT2D eigenvalue weighted by molar-refractivity contribution is 5.75. The molecule has 2 N–H and O–H groups in total. The van der Waals surface area contributed by atoms with Gasteiger partial charge < -0.3 is 15.5 Å². The summed E-state index contributed by atoms with van der Waals surface area (Å²) in [5, 5.41) is 6.25. The van der Waals surface area contributed by atoms with E-state index >= 15 is 0 Å². The minimum Gasteiger partial charge on any atom is -0.359 e. The smallest absolute Gasteiger partial charge is 0.221 e. The molecule has 17 heavy (non-hydrogen) atoms. The maximum atomic E-state index is 11.3. The van der Waals surface area contributed by atoms with Crippen LogP contribution in [-0.2, 0) is 4.79 Å². The molecule has 1 saturated heterocycles. The van der Waals surface area contributed by atoms with Gasteiger partial charge in [0.1, 0.15) is 0 Å². The van der Waals surface area contributed by atoms with E-state index < -0.39 is 0 Å². The summed E-state index contributed by atoms with van der Waals surface area (Å²) in [6, 6.07) is 0.625. The molecule has 0 saturated carbocycles. The van der Waals surface area contributed by atoms with Crippen molar-refractivity contribution < 1.29 is 4.79 Å². The number of rotatable bonds is 7. The Balaban J connectivity index is 2.28. The molecular weight excluding hydrogens is 214 g/mol. The predicted molar refractivity (Wildman–Crippen MR) is 71.1 cm³/mol. The van der Waals surface area contributed by atoms with Gasteiger partial charge in [-0.05, 0) is 32.4 Å². The molecular formula is C13H27N3O. The number of nitrogens with zero attached hydrogens (tertiary/aromatic N) is 1. The average molecular weight is 241 g/mol. The fraction of sp³-hybridized carbons (Fsp3) is 0.923. The Kier molecular flexibility index (Phi) is 7.21. The van der Waals surface area contributed by atoms with E-state index in [1.807, 2.05) is 0 Å². The fourth-order valence-electron chi connectivity index (χ4n) is 2.39. The molecule has 0 aromatic heterocycles. The minimum absolute atomic E-state index is 0.141. The lowest BCUT2D eigenvalue weighted by Gasteiger charge is -2.30. The first-order valence-electron chi connectivity index (χ1n) is 6.92. The van der Waals surface area contributed by atoms with Crippen LogP contribution in [0.4, 0.5) is 0 Å². The molecule has 1 heterocycles. The molecule has 1 fully saturated rings. The summed E-state index contributed by atoms with van der Waals surface area (Å²) in [5.41, 5.74) is 0. The second kappa shape index (κ2) is 8.48. The van der Waals surface area contributed by atoms with Gasteiger partial charge in [0, 0.05) is 32.6 Å². The van der Waals surface area contributed by atoms with Gasteiger partial charge in [-0.1, -0.05) is 13.3 Å². The lowest BCUT2D eigenvalue weighted by Crippen LogP contribution is -2.44. The predicted octanol–water partition coefficient (Wildman–Crippen LogP) is 0.977. The molecule has 0 aromatic carbocycles. The summed E-state index contributed by atoms with van der Waals surface area (Å²) in [6.07, 6.45) is 5.69.